The fraction of sp³-hybridized carbons (Fsp3) is 0.143. The van der Waals surface area contributed by atoms with Crippen molar-refractivity contribution in [3.05, 3.63) is 54.1 Å². The van der Waals surface area contributed by atoms with E-state index in [1.165, 1.54) is 5.56 Å². The summed E-state index contributed by atoms with van der Waals surface area (Å²) in [5.74, 6) is 1.70. The summed E-state index contributed by atoms with van der Waals surface area (Å²) >= 11 is 0. The molecule has 2 aromatic rings. The zero-order valence-electron chi connectivity index (χ0n) is 9.53. The second-order valence-corrected chi connectivity index (χ2v) is 3.69. The Morgan fingerprint density at radius 1 is 0.938 bits per heavy atom. The van der Waals surface area contributed by atoms with Gasteiger partial charge < -0.3 is 10.1 Å². The lowest BCUT2D eigenvalue weighted by Gasteiger charge is -2.07. The summed E-state index contributed by atoms with van der Waals surface area (Å²) in [6, 6.07) is 15.9. The van der Waals surface area contributed by atoms with E-state index < -0.39 is 0 Å². The molecular weight excluding hydrogens is 198 g/mol. The molecule has 0 heterocycles. The first kappa shape index (κ1) is 10.6. The minimum atomic E-state index is 0.843. The first-order valence-corrected chi connectivity index (χ1v) is 5.30. The molecule has 0 saturated heterocycles. The van der Waals surface area contributed by atoms with Crippen molar-refractivity contribution in [3.63, 3.8) is 0 Å². The van der Waals surface area contributed by atoms with E-state index in [2.05, 4.69) is 12.2 Å². The summed E-state index contributed by atoms with van der Waals surface area (Å²) in [5, 5.41) is 3.08. The summed E-state index contributed by atoms with van der Waals surface area (Å²) in [7, 11) is 1.89. The fourth-order valence-electron chi connectivity index (χ4n) is 1.46. The van der Waals surface area contributed by atoms with Crippen LogP contribution in [0.2, 0.25) is 0 Å². The summed E-state index contributed by atoms with van der Waals surface area (Å²) < 4.78 is 5.74. The van der Waals surface area contributed by atoms with Crippen LogP contribution in [-0.2, 0) is 0 Å². The third-order valence-corrected chi connectivity index (χ3v) is 2.38. The maximum Gasteiger partial charge on any atom is 0.129 e. The van der Waals surface area contributed by atoms with Crippen molar-refractivity contribution in [1.82, 2.24) is 0 Å². The van der Waals surface area contributed by atoms with Gasteiger partial charge >= 0.3 is 0 Å². The van der Waals surface area contributed by atoms with Gasteiger partial charge in [0.15, 0.2) is 0 Å². The Balaban J connectivity index is 2.16. The third kappa shape index (κ3) is 2.54. The molecule has 0 fully saturated rings. The van der Waals surface area contributed by atoms with Gasteiger partial charge in [0.1, 0.15) is 11.5 Å². The van der Waals surface area contributed by atoms with Crippen molar-refractivity contribution in [3.8, 4) is 11.5 Å². The van der Waals surface area contributed by atoms with E-state index in [0.29, 0.717) is 0 Å². The van der Waals surface area contributed by atoms with Gasteiger partial charge in [-0.25, -0.2) is 0 Å². The van der Waals surface area contributed by atoms with Crippen LogP contribution in [0.1, 0.15) is 5.56 Å². The predicted octanol–water partition coefficient (Wildman–Crippen LogP) is 3.83. The van der Waals surface area contributed by atoms with Crippen LogP contribution in [-0.4, -0.2) is 7.05 Å². The molecule has 2 aromatic carbocycles. The summed E-state index contributed by atoms with van der Waals surface area (Å²) in [6.45, 7) is 2.06. The zero-order valence-corrected chi connectivity index (χ0v) is 9.53. The van der Waals surface area contributed by atoms with Crippen molar-refractivity contribution in [2.75, 3.05) is 12.4 Å². The van der Waals surface area contributed by atoms with E-state index >= 15 is 0 Å². The standard InChI is InChI=1S/C14H15NO/c1-11-6-8-13(9-7-11)16-14-5-3-4-12(10-14)15-2/h3-10,15H,1-2H3. The first-order valence-electron chi connectivity index (χ1n) is 5.30. The van der Waals surface area contributed by atoms with Crippen LogP contribution in [0.5, 0.6) is 11.5 Å². The average Bonchev–Trinajstić information content (AvgIpc) is 2.32. The van der Waals surface area contributed by atoms with Gasteiger partial charge in [-0.05, 0) is 31.2 Å². The van der Waals surface area contributed by atoms with Crippen LogP contribution in [0.4, 0.5) is 5.69 Å². The van der Waals surface area contributed by atoms with Crippen LogP contribution >= 0.6 is 0 Å². The highest BCUT2D eigenvalue weighted by atomic mass is 16.5. The quantitative estimate of drug-likeness (QED) is 0.836. The number of hydrogen-bond donors (Lipinski definition) is 1. The third-order valence-electron chi connectivity index (χ3n) is 2.38. The highest BCUT2D eigenvalue weighted by molar-refractivity contribution is 5.48. The molecule has 16 heavy (non-hydrogen) atoms. The summed E-state index contributed by atoms with van der Waals surface area (Å²) in [6.07, 6.45) is 0. The Kier molecular flexibility index (Phi) is 3.10. The van der Waals surface area contributed by atoms with Gasteiger partial charge in [0.25, 0.3) is 0 Å². The molecule has 0 unspecified atom stereocenters. The fourth-order valence-corrected chi connectivity index (χ4v) is 1.46. The molecule has 0 aliphatic rings. The number of benzene rings is 2. The largest absolute Gasteiger partial charge is 0.457 e. The van der Waals surface area contributed by atoms with E-state index in [4.69, 9.17) is 4.74 Å². The van der Waals surface area contributed by atoms with Gasteiger partial charge in [0.2, 0.25) is 0 Å². The zero-order chi connectivity index (χ0) is 11.4. The maximum atomic E-state index is 5.74. The SMILES string of the molecule is CNc1cccc(Oc2ccc(C)cc2)c1. The van der Waals surface area contributed by atoms with Gasteiger partial charge in [-0.2, -0.15) is 0 Å². The van der Waals surface area contributed by atoms with Crippen molar-refractivity contribution in [2.45, 2.75) is 6.92 Å². The molecule has 0 aliphatic carbocycles. The first-order chi connectivity index (χ1) is 7.78. The van der Waals surface area contributed by atoms with Gasteiger partial charge in [-0.1, -0.05) is 23.8 Å². The van der Waals surface area contributed by atoms with E-state index in [-0.39, 0.29) is 0 Å². The Hall–Kier alpha value is -1.96. The molecular formula is C14H15NO. The van der Waals surface area contributed by atoms with E-state index in [0.717, 1.165) is 17.2 Å². The van der Waals surface area contributed by atoms with Crippen molar-refractivity contribution in [2.24, 2.45) is 0 Å². The number of rotatable bonds is 3. The van der Waals surface area contributed by atoms with Crippen molar-refractivity contribution >= 4 is 5.69 Å². The topological polar surface area (TPSA) is 21.3 Å². The lowest BCUT2D eigenvalue weighted by Crippen LogP contribution is -1.89. The minimum absolute atomic E-state index is 0.843. The van der Waals surface area contributed by atoms with Crippen molar-refractivity contribution in [1.29, 1.82) is 0 Å². The number of nitrogens with one attached hydrogen (secondary N) is 1. The normalized spacial score (nSPS) is 9.88. The summed E-state index contributed by atoms with van der Waals surface area (Å²) in [5.41, 5.74) is 2.28. The molecule has 0 aliphatic heterocycles. The molecule has 0 aromatic heterocycles. The van der Waals surface area contributed by atoms with Crippen LogP contribution in [0.3, 0.4) is 0 Å². The molecule has 1 N–H and O–H groups in total. The number of hydrogen-bond acceptors (Lipinski definition) is 2. The highest BCUT2D eigenvalue weighted by Gasteiger charge is 1.97. The van der Waals surface area contributed by atoms with Gasteiger partial charge in [-0.15, -0.1) is 0 Å². The Bertz CT molecular complexity index is 462. The highest BCUT2D eigenvalue weighted by Crippen LogP contribution is 2.23. The smallest absolute Gasteiger partial charge is 0.129 e. The van der Waals surface area contributed by atoms with Crippen LogP contribution in [0, 0.1) is 6.92 Å². The maximum absolute atomic E-state index is 5.74. The molecule has 0 saturated carbocycles. The number of anilines is 1. The molecule has 0 spiro atoms. The molecule has 2 heteroatoms. The Morgan fingerprint density at radius 2 is 1.69 bits per heavy atom. The van der Waals surface area contributed by atoms with Crippen molar-refractivity contribution < 1.29 is 4.74 Å². The Morgan fingerprint density at radius 3 is 2.38 bits per heavy atom. The van der Waals surface area contributed by atoms with Gasteiger partial charge in [-0.3, -0.25) is 0 Å². The second kappa shape index (κ2) is 4.71. The Labute approximate surface area is 95.9 Å². The molecule has 0 atom stereocenters. The van der Waals surface area contributed by atoms with E-state index in [9.17, 15) is 0 Å². The van der Waals surface area contributed by atoms with Crippen LogP contribution in [0.15, 0.2) is 48.5 Å². The van der Waals surface area contributed by atoms with Crippen LogP contribution in [0.25, 0.3) is 0 Å². The van der Waals surface area contributed by atoms with Crippen LogP contribution < -0.4 is 10.1 Å². The second-order valence-electron chi connectivity index (χ2n) is 3.69. The van der Waals surface area contributed by atoms with Gasteiger partial charge in [0.05, 0.1) is 0 Å². The van der Waals surface area contributed by atoms with E-state index in [1.807, 2.05) is 55.6 Å². The molecule has 0 amide bonds. The monoisotopic (exact) mass is 213 g/mol. The summed E-state index contributed by atoms with van der Waals surface area (Å²) in [4.78, 5) is 0. The molecule has 0 bridgehead atoms. The molecule has 2 rings (SSSR count). The molecule has 82 valence electrons. The number of ether oxygens (including phenoxy) is 1. The molecule has 2 nitrogen and oxygen atoms in total. The average molecular weight is 213 g/mol. The van der Waals surface area contributed by atoms with Gasteiger partial charge in [0, 0.05) is 18.8 Å². The lowest BCUT2D eigenvalue weighted by molar-refractivity contribution is 0.483. The minimum Gasteiger partial charge on any atom is -0.457 e. The number of aryl methyl sites for hydroxylation is 1. The molecule has 0 radical (unpaired) electrons. The predicted molar refractivity (Wildman–Crippen MR) is 67.2 cm³/mol. The lowest BCUT2D eigenvalue weighted by atomic mass is 10.2. The van der Waals surface area contributed by atoms with E-state index in [1.54, 1.807) is 0 Å².